The molecule has 1 unspecified atom stereocenters. The normalized spacial score (nSPS) is 28.9. The van der Waals surface area contributed by atoms with Crippen LogP contribution in [-0.2, 0) is 16.0 Å². The summed E-state index contributed by atoms with van der Waals surface area (Å²) >= 11 is 0. The second-order valence-corrected chi connectivity index (χ2v) is 6.17. The Morgan fingerprint density at radius 3 is 2.76 bits per heavy atom. The van der Waals surface area contributed by atoms with Gasteiger partial charge in [0.05, 0.1) is 12.7 Å². The smallest absolute Gasteiger partial charge is 0.220 e. The van der Waals surface area contributed by atoms with Crippen LogP contribution in [0.4, 0.5) is 0 Å². The number of benzene rings is 1. The summed E-state index contributed by atoms with van der Waals surface area (Å²) in [5.74, 6) is -0.0623. The van der Waals surface area contributed by atoms with Crippen molar-refractivity contribution >= 4 is 5.91 Å². The molecule has 114 valence electrons. The van der Waals surface area contributed by atoms with Gasteiger partial charge in [0.15, 0.2) is 0 Å². The third-order valence-corrected chi connectivity index (χ3v) is 4.81. The topological polar surface area (TPSA) is 64.4 Å². The molecule has 1 fully saturated rings. The first-order valence-electron chi connectivity index (χ1n) is 7.96. The molecule has 21 heavy (non-hydrogen) atoms. The largest absolute Gasteiger partial charge is 0.372 e. The molecule has 1 atom stereocenters. The van der Waals surface area contributed by atoms with Gasteiger partial charge >= 0.3 is 0 Å². The Balaban J connectivity index is 1.52. The van der Waals surface area contributed by atoms with Gasteiger partial charge in [-0.2, -0.15) is 0 Å². The van der Waals surface area contributed by atoms with Gasteiger partial charge in [-0.25, -0.2) is 0 Å². The number of fused-ring (bicyclic) bond motifs is 1. The third kappa shape index (κ3) is 3.44. The highest BCUT2D eigenvalue weighted by Crippen LogP contribution is 2.28. The molecule has 4 nitrogen and oxygen atoms in total. The van der Waals surface area contributed by atoms with Crippen LogP contribution in [0.25, 0.3) is 0 Å². The number of ether oxygens (including phenoxy) is 1. The van der Waals surface area contributed by atoms with E-state index in [-0.39, 0.29) is 17.9 Å². The lowest BCUT2D eigenvalue weighted by Crippen LogP contribution is -2.39. The minimum atomic E-state index is -0.141. The van der Waals surface area contributed by atoms with Gasteiger partial charge in [-0.05, 0) is 43.2 Å². The van der Waals surface area contributed by atoms with Gasteiger partial charge in [0, 0.05) is 18.5 Å². The van der Waals surface area contributed by atoms with E-state index in [0.717, 1.165) is 45.3 Å². The lowest BCUT2D eigenvalue weighted by molar-refractivity contribution is -0.122. The Morgan fingerprint density at radius 2 is 2.00 bits per heavy atom. The van der Waals surface area contributed by atoms with Crippen molar-refractivity contribution in [3.63, 3.8) is 0 Å². The monoisotopic (exact) mass is 288 g/mol. The fraction of sp³-hybridized carbons (Fsp3) is 0.588. The van der Waals surface area contributed by atoms with Crippen LogP contribution in [0.2, 0.25) is 0 Å². The van der Waals surface area contributed by atoms with E-state index in [4.69, 9.17) is 10.5 Å². The van der Waals surface area contributed by atoms with E-state index < -0.39 is 0 Å². The predicted octanol–water partition coefficient (Wildman–Crippen LogP) is 1.93. The number of carbonyl (C=O) groups excluding carboxylic acids is 1. The molecule has 3 N–H and O–H groups in total. The number of nitrogens with one attached hydrogen (secondary N) is 1. The summed E-state index contributed by atoms with van der Waals surface area (Å²) in [5.41, 5.74) is 8.11. The second kappa shape index (κ2) is 6.58. The maximum atomic E-state index is 11.2. The molecule has 0 bridgehead atoms. The number of amides is 1. The SMILES string of the molecule is NC(=O)C1CCC(NCC2OCCc3ccccc32)CC1. The quantitative estimate of drug-likeness (QED) is 0.890. The van der Waals surface area contributed by atoms with Crippen molar-refractivity contribution in [2.75, 3.05) is 13.2 Å². The highest BCUT2D eigenvalue weighted by Gasteiger charge is 2.26. The molecular formula is C17H24N2O2. The van der Waals surface area contributed by atoms with Crippen LogP contribution < -0.4 is 11.1 Å². The van der Waals surface area contributed by atoms with Gasteiger partial charge in [-0.1, -0.05) is 24.3 Å². The van der Waals surface area contributed by atoms with Crippen LogP contribution >= 0.6 is 0 Å². The average molecular weight is 288 g/mol. The average Bonchev–Trinajstić information content (AvgIpc) is 2.53. The standard InChI is InChI=1S/C17H24N2O2/c18-17(20)13-5-7-14(8-6-13)19-11-16-15-4-2-1-3-12(15)9-10-21-16/h1-4,13-14,16,19H,5-11H2,(H2,18,20). The Hall–Kier alpha value is -1.39. The first-order chi connectivity index (χ1) is 10.2. The van der Waals surface area contributed by atoms with Gasteiger partial charge < -0.3 is 15.8 Å². The predicted molar refractivity (Wildman–Crippen MR) is 81.8 cm³/mol. The van der Waals surface area contributed by atoms with Crippen LogP contribution in [0.3, 0.4) is 0 Å². The summed E-state index contributed by atoms with van der Waals surface area (Å²) in [6, 6.07) is 9.03. The number of primary amides is 1. The molecule has 4 heteroatoms. The van der Waals surface area contributed by atoms with E-state index >= 15 is 0 Å². The maximum Gasteiger partial charge on any atom is 0.220 e. The molecule has 1 amide bonds. The van der Waals surface area contributed by atoms with Crippen LogP contribution in [0.5, 0.6) is 0 Å². The molecule has 0 saturated heterocycles. The van der Waals surface area contributed by atoms with Crippen molar-refractivity contribution < 1.29 is 9.53 Å². The molecular weight excluding hydrogens is 264 g/mol. The van der Waals surface area contributed by atoms with E-state index in [1.54, 1.807) is 0 Å². The molecule has 1 aliphatic carbocycles. The van der Waals surface area contributed by atoms with Crippen molar-refractivity contribution in [1.82, 2.24) is 5.32 Å². The third-order valence-electron chi connectivity index (χ3n) is 4.81. The molecule has 1 aromatic rings. The zero-order valence-electron chi connectivity index (χ0n) is 12.4. The summed E-state index contributed by atoms with van der Waals surface area (Å²) in [5, 5.41) is 3.61. The number of nitrogens with two attached hydrogens (primary N) is 1. The number of hydrogen-bond acceptors (Lipinski definition) is 3. The number of rotatable bonds is 4. The summed E-state index contributed by atoms with van der Waals surface area (Å²) in [4.78, 5) is 11.2. The Morgan fingerprint density at radius 1 is 1.24 bits per heavy atom. The van der Waals surface area contributed by atoms with E-state index in [0.29, 0.717) is 6.04 Å². The lowest BCUT2D eigenvalue weighted by Gasteiger charge is -2.31. The zero-order valence-corrected chi connectivity index (χ0v) is 12.4. The highest BCUT2D eigenvalue weighted by molar-refractivity contribution is 5.76. The van der Waals surface area contributed by atoms with Crippen LogP contribution in [0.15, 0.2) is 24.3 Å². The minimum absolute atomic E-state index is 0.0784. The number of hydrogen-bond donors (Lipinski definition) is 2. The van der Waals surface area contributed by atoms with Crippen molar-refractivity contribution in [3.05, 3.63) is 35.4 Å². The van der Waals surface area contributed by atoms with E-state index in [9.17, 15) is 4.79 Å². The molecule has 1 saturated carbocycles. The molecule has 0 aromatic heterocycles. The Bertz CT molecular complexity index is 495. The van der Waals surface area contributed by atoms with Gasteiger partial charge in [0.2, 0.25) is 5.91 Å². The van der Waals surface area contributed by atoms with Crippen molar-refractivity contribution in [3.8, 4) is 0 Å². The van der Waals surface area contributed by atoms with Gasteiger partial charge in [0.1, 0.15) is 0 Å². The lowest BCUT2D eigenvalue weighted by atomic mass is 9.85. The molecule has 0 radical (unpaired) electrons. The number of carbonyl (C=O) groups is 1. The molecule has 1 aromatic carbocycles. The zero-order chi connectivity index (χ0) is 14.7. The van der Waals surface area contributed by atoms with Crippen molar-refractivity contribution in [1.29, 1.82) is 0 Å². The molecule has 0 spiro atoms. The minimum Gasteiger partial charge on any atom is -0.372 e. The summed E-state index contributed by atoms with van der Waals surface area (Å²) in [6.45, 7) is 1.65. The van der Waals surface area contributed by atoms with Crippen LogP contribution in [-0.4, -0.2) is 25.1 Å². The second-order valence-electron chi connectivity index (χ2n) is 6.17. The van der Waals surface area contributed by atoms with E-state index in [2.05, 4.69) is 29.6 Å². The molecule has 1 heterocycles. The first kappa shape index (κ1) is 14.5. The maximum absolute atomic E-state index is 11.2. The molecule has 2 aliphatic rings. The highest BCUT2D eigenvalue weighted by atomic mass is 16.5. The Kier molecular flexibility index (Phi) is 4.56. The van der Waals surface area contributed by atoms with Crippen LogP contribution in [0.1, 0.15) is 42.9 Å². The summed E-state index contributed by atoms with van der Waals surface area (Å²) in [7, 11) is 0. The fourth-order valence-corrected chi connectivity index (χ4v) is 3.50. The fourth-order valence-electron chi connectivity index (χ4n) is 3.50. The summed E-state index contributed by atoms with van der Waals surface area (Å²) in [6.07, 6.45) is 5.05. The molecule has 3 rings (SSSR count). The van der Waals surface area contributed by atoms with Gasteiger partial charge in [-0.15, -0.1) is 0 Å². The van der Waals surface area contributed by atoms with E-state index in [1.165, 1.54) is 11.1 Å². The van der Waals surface area contributed by atoms with Crippen molar-refractivity contribution in [2.45, 2.75) is 44.2 Å². The Labute approximate surface area is 126 Å². The van der Waals surface area contributed by atoms with Crippen LogP contribution in [0, 0.1) is 5.92 Å². The summed E-state index contributed by atoms with van der Waals surface area (Å²) < 4.78 is 5.92. The van der Waals surface area contributed by atoms with Crippen molar-refractivity contribution in [2.24, 2.45) is 11.7 Å². The van der Waals surface area contributed by atoms with Gasteiger partial charge in [-0.3, -0.25) is 4.79 Å². The van der Waals surface area contributed by atoms with E-state index in [1.807, 2.05) is 0 Å². The first-order valence-corrected chi connectivity index (χ1v) is 7.96. The molecule has 1 aliphatic heterocycles. The van der Waals surface area contributed by atoms with Gasteiger partial charge in [0.25, 0.3) is 0 Å².